The lowest BCUT2D eigenvalue weighted by atomic mass is 10.1. The minimum atomic E-state index is -3.53. The summed E-state index contributed by atoms with van der Waals surface area (Å²) in [4.78, 5) is 6.33. The summed E-state index contributed by atoms with van der Waals surface area (Å²) in [7, 11) is -1.54. The highest BCUT2D eigenvalue weighted by atomic mass is 32.2. The number of pyridine rings is 1. The van der Waals surface area contributed by atoms with E-state index in [9.17, 15) is 8.42 Å². The fraction of sp³-hybridized carbons (Fsp3) is 0.688. The van der Waals surface area contributed by atoms with Crippen LogP contribution >= 0.6 is 0 Å². The van der Waals surface area contributed by atoms with E-state index in [4.69, 9.17) is 9.47 Å². The summed E-state index contributed by atoms with van der Waals surface area (Å²) < 4.78 is 41.1. The number of aryl methyl sites for hydroxylation is 1. The van der Waals surface area contributed by atoms with Crippen molar-refractivity contribution in [2.45, 2.75) is 25.5 Å². The van der Waals surface area contributed by atoms with Gasteiger partial charge >= 0.3 is 0 Å². The maximum absolute atomic E-state index is 12.7. The van der Waals surface area contributed by atoms with E-state index in [0.29, 0.717) is 38.5 Å². The number of aromatic nitrogens is 1. The molecule has 0 spiro atoms. The van der Waals surface area contributed by atoms with Gasteiger partial charge < -0.3 is 14.4 Å². The molecule has 8 nitrogen and oxygen atoms in total. The average Bonchev–Trinajstić information content (AvgIpc) is 2.59. The van der Waals surface area contributed by atoms with Crippen molar-refractivity contribution >= 4 is 10.2 Å². The summed E-state index contributed by atoms with van der Waals surface area (Å²) in [6.07, 6.45) is 1.85. The van der Waals surface area contributed by atoms with Gasteiger partial charge in [0.25, 0.3) is 10.2 Å². The topological polar surface area (TPSA) is 84.0 Å². The maximum atomic E-state index is 12.7. The van der Waals surface area contributed by atoms with E-state index in [0.717, 1.165) is 18.8 Å². The molecule has 0 bridgehead atoms. The third-order valence-corrected chi connectivity index (χ3v) is 6.22. The normalized spacial score (nSPS) is 26.5. The Labute approximate surface area is 149 Å². The van der Waals surface area contributed by atoms with Crippen LogP contribution in [-0.2, 0) is 14.9 Å². The zero-order chi connectivity index (χ0) is 17.9. The third-order valence-electron chi connectivity index (χ3n) is 4.58. The second kappa shape index (κ2) is 7.96. The largest absolute Gasteiger partial charge is 0.485 e. The van der Waals surface area contributed by atoms with Gasteiger partial charge in [0.05, 0.1) is 18.8 Å². The van der Waals surface area contributed by atoms with Crippen molar-refractivity contribution in [1.29, 1.82) is 0 Å². The first-order valence-electron chi connectivity index (χ1n) is 8.57. The zero-order valence-corrected chi connectivity index (χ0v) is 15.5. The molecule has 140 valence electrons. The number of likely N-dealkylation sites (N-methyl/N-ethyl adjacent to an activating group) is 1. The molecule has 0 aliphatic carbocycles. The minimum Gasteiger partial charge on any atom is -0.485 e. The lowest BCUT2D eigenvalue weighted by Crippen LogP contribution is -2.57. The van der Waals surface area contributed by atoms with Crippen molar-refractivity contribution in [2.24, 2.45) is 0 Å². The fourth-order valence-electron chi connectivity index (χ4n) is 2.96. The molecule has 0 saturated carbocycles. The van der Waals surface area contributed by atoms with Crippen LogP contribution < -0.4 is 9.46 Å². The minimum absolute atomic E-state index is 0.320. The molecular weight excluding hydrogens is 344 g/mol. The van der Waals surface area contributed by atoms with Gasteiger partial charge in [0.1, 0.15) is 11.9 Å². The van der Waals surface area contributed by atoms with Gasteiger partial charge in [-0.05, 0) is 32.5 Å². The molecule has 0 aromatic carbocycles. The van der Waals surface area contributed by atoms with E-state index >= 15 is 0 Å². The first kappa shape index (κ1) is 18.5. The second-order valence-corrected chi connectivity index (χ2v) is 8.29. The van der Waals surface area contributed by atoms with Crippen LogP contribution in [0.3, 0.4) is 0 Å². The molecule has 25 heavy (non-hydrogen) atoms. The Hall–Kier alpha value is -1.26. The molecule has 3 rings (SSSR count). The highest BCUT2D eigenvalue weighted by Gasteiger charge is 2.34. The molecule has 0 amide bonds. The molecule has 0 radical (unpaired) electrons. The van der Waals surface area contributed by atoms with Gasteiger partial charge in [-0.2, -0.15) is 17.4 Å². The summed E-state index contributed by atoms with van der Waals surface area (Å²) in [6.45, 7) is 5.25. The van der Waals surface area contributed by atoms with E-state index in [1.54, 1.807) is 6.20 Å². The molecule has 2 fully saturated rings. The van der Waals surface area contributed by atoms with Crippen molar-refractivity contribution in [2.75, 3.05) is 46.4 Å². The Balaban J connectivity index is 1.65. The van der Waals surface area contributed by atoms with E-state index in [1.165, 1.54) is 4.31 Å². The first-order valence-corrected chi connectivity index (χ1v) is 10.0. The highest BCUT2D eigenvalue weighted by molar-refractivity contribution is 7.87. The van der Waals surface area contributed by atoms with Gasteiger partial charge in [-0.3, -0.25) is 4.98 Å². The second-order valence-electron chi connectivity index (χ2n) is 6.59. The van der Waals surface area contributed by atoms with Crippen LogP contribution in [0.2, 0.25) is 0 Å². The number of ether oxygens (including phenoxy) is 2. The van der Waals surface area contributed by atoms with Crippen molar-refractivity contribution in [3.8, 4) is 5.75 Å². The lowest BCUT2D eigenvalue weighted by Gasteiger charge is -2.36. The van der Waals surface area contributed by atoms with E-state index in [-0.39, 0.29) is 12.1 Å². The Bertz CT molecular complexity index is 659. The zero-order valence-electron chi connectivity index (χ0n) is 14.7. The monoisotopic (exact) mass is 370 g/mol. The van der Waals surface area contributed by atoms with Gasteiger partial charge in [-0.25, -0.2) is 0 Å². The van der Waals surface area contributed by atoms with E-state index < -0.39 is 10.2 Å². The van der Waals surface area contributed by atoms with Gasteiger partial charge in [-0.1, -0.05) is 0 Å². The Morgan fingerprint density at radius 1 is 1.28 bits per heavy atom. The smallest absolute Gasteiger partial charge is 0.279 e. The quantitative estimate of drug-likeness (QED) is 0.786. The summed E-state index contributed by atoms with van der Waals surface area (Å²) in [5.41, 5.74) is 0.902. The Kier molecular flexibility index (Phi) is 5.90. The summed E-state index contributed by atoms with van der Waals surface area (Å²) in [6, 6.07) is 3.38. The molecular formula is C16H26N4O4S. The van der Waals surface area contributed by atoms with Crippen LogP contribution in [0.4, 0.5) is 0 Å². The van der Waals surface area contributed by atoms with Crippen LogP contribution in [0, 0.1) is 6.92 Å². The van der Waals surface area contributed by atoms with Crippen LogP contribution in [0.15, 0.2) is 18.3 Å². The fourth-order valence-corrected chi connectivity index (χ4v) is 4.40. The lowest BCUT2D eigenvalue weighted by molar-refractivity contribution is -0.00984. The molecule has 2 aliphatic heterocycles. The van der Waals surface area contributed by atoms with Gasteiger partial charge in [0.2, 0.25) is 0 Å². The molecule has 9 heteroatoms. The van der Waals surface area contributed by atoms with E-state index in [1.807, 2.05) is 26.1 Å². The third kappa shape index (κ3) is 4.89. The van der Waals surface area contributed by atoms with Crippen LogP contribution in [0.25, 0.3) is 0 Å². The van der Waals surface area contributed by atoms with Crippen LogP contribution in [0.1, 0.15) is 12.1 Å². The molecule has 1 aromatic heterocycles. The highest BCUT2D eigenvalue weighted by Crippen LogP contribution is 2.18. The molecule has 3 heterocycles. The van der Waals surface area contributed by atoms with Gasteiger partial charge in [-0.15, -0.1) is 0 Å². The molecule has 1 aromatic rings. The van der Waals surface area contributed by atoms with Crippen molar-refractivity contribution in [1.82, 2.24) is 18.9 Å². The summed E-state index contributed by atoms with van der Waals surface area (Å²) in [5.74, 6) is 0.616. The number of nitrogens with zero attached hydrogens (tertiary/aromatic N) is 3. The van der Waals surface area contributed by atoms with Crippen molar-refractivity contribution < 1.29 is 17.9 Å². The number of hydrogen-bond acceptors (Lipinski definition) is 6. The standard InChI is InChI=1S/C16H26N4O4S/c1-13-3-4-14(11-17-13)24-16-12-23-10-5-15(16)18-25(21,22)20-8-6-19(2)7-9-20/h3-4,11,15-16,18H,5-10,12H2,1-2H3/t15-,16+/m1/s1. The van der Waals surface area contributed by atoms with Crippen molar-refractivity contribution in [3.05, 3.63) is 24.0 Å². The summed E-state index contributed by atoms with van der Waals surface area (Å²) >= 11 is 0. The van der Waals surface area contributed by atoms with Gasteiger partial charge in [0.15, 0.2) is 0 Å². The SMILES string of the molecule is Cc1ccc(O[C@H]2COCC[C@H]2NS(=O)(=O)N2CCN(C)CC2)cn1. The number of hydrogen-bond donors (Lipinski definition) is 1. The van der Waals surface area contributed by atoms with Gasteiger partial charge in [0, 0.05) is 38.5 Å². The number of rotatable bonds is 5. The predicted octanol–water partition coefficient (Wildman–Crippen LogP) is 0.00812. The molecule has 2 atom stereocenters. The molecule has 2 saturated heterocycles. The van der Waals surface area contributed by atoms with Crippen LogP contribution in [0.5, 0.6) is 5.75 Å². The van der Waals surface area contributed by atoms with E-state index in [2.05, 4.69) is 14.6 Å². The number of piperazine rings is 1. The Morgan fingerprint density at radius 2 is 2.04 bits per heavy atom. The molecule has 2 aliphatic rings. The number of nitrogens with one attached hydrogen (secondary N) is 1. The molecule has 1 N–H and O–H groups in total. The summed E-state index contributed by atoms with van der Waals surface area (Å²) in [5, 5.41) is 0. The maximum Gasteiger partial charge on any atom is 0.279 e. The predicted molar refractivity (Wildman–Crippen MR) is 93.7 cm³/mol. The molecule has 0 unspecified atom stereocenters. The first-order chi connectivity index (χ1) is 11.9. The van der Waals surface area contributed by atoms with Crippen molar-refractivity contribution in [3.63, 3.8) is 0 Å². The average molecular weight is 370 g/mol. The Morgan fingerprint density at radius 3 is 2.72 bits per heavy atom. The van der Waals surface area contributed by atoms with Crippen LogP contribution in [-0.4, -0.2) is 81.2 Å².